The Labute approximate surface area is 182 Å². The summed E-state index contributed by atoms with van der Waals surface area (Å²) in [6.07, 6.45) is 0. The average molecular weight is 425 g/mol. The minimum absolute atomic E-state index is 0.203. The molecule has 4 aromatic carbocycles. The van der Waals surface area contributed by atoms with E-state index in [2.05, 4.69) is 33.4 Å². The van der Waals surface area contributed by atoms with E-state index < -0.39 is 11.6 Å². The molecule has 2 aromatic heterocycles. The molecule has 0 saturated carbocycles. The summed E-state index contributed by atoms with van der Waals surface area (Å²) in [7, 11) is 2.01. The van der Waals surface area contributed by atoms with Gasteiger partial charge in [-0.2, -0.15) is 4.57 Å². The number of nitrogens with zero attached hydrogens (tertiary/aromatic N) is 2. The van der Waals surface area contributed by atoms with Gasteiger partial charge in [0.1, 0.15) is 28.5 Å². The molecule has 3 nitrogen and oxygen atoms in total. The van der Waals surface area contributed by atoms with E-state index in [1.165, 1.54) is 6.07 Å². The van der Waals surface area contributed by atoms with Crippen molar-refractivity contribution in [3.63, 3.8) is 0 Å². The SMILES string of the molecule is Cc1ccc2c(oc3cc(F)cc(F)c32)c1-c1n(-c2ccccc2)c2ccccc2[n+]1C. The van der Waals surface area contributed by atoms with Crippen molar-refractivity contribution in [3.8, 4) is 17.1 Å². The predicted molar refractivity (Wildman–Crippen MR) is 122 cm³/mol. The Balaban J connectivity index is 1.81. The first-order valence-electron chi connectivity index (χ1n) is 10.4. The van der Waals surface area contributed by atoms with Gasteiger partial charge in [0.15, 0.2) is 16.6 Å². The summed E-state index contributed by atoms with van der Waals surface area (Å²) in [6.45, 7) is 2.01. The van der Waals surface area contributed by atoms with Gasteiger partial charge in [0, 0.05) is 17.5 Å². The molecule has 0 aliphatic carbocycles. The maximum Gasteiger partial charge on any atom is 0.298 e. The molecule has 0 atom stereocenters. The molecule has 5 heteroatoms. The fraction of sp³-hybridized carbons (Fsp3) is 0.0741. The molecule has 0 saturated heterocycles. The van der Waals surface area contributed by atoms with Gasteiger partial charge in [0.05, 0.1) is 12.4 Å². The fourth-order valence-electron chi connectivity index (χ4n) is 4.70. The topological polar surface area (TPSA) is 21.9 Å². The van der Waals surface area contributed by atoms with Gasteiger partial charge in [0.2, 0.25) is 0 Å². The molecule has 0 aliphatic heterocycles. The monoisotopic (exact) mass is 425 g/mol. The molecule has 156 valence electrons. The van der Waals surface area contributed by atoms with Gasteiger partial charge in [-0.3, -0.25) is 0 Å². The van der Waals surface area contributed by atoms with Crippen LogP contribution in [0.2, 0.25) is 0 Å². The summed E-state index contributed by atoms with van der Waals surface area (Å²) in [5.74, 6) is -0.377. The van der Waals surface area contributed by atoms with Gasteiger partial charge >= 0.3 is 0 Å². The maximum absolute atomic E-state index is 14.7. The van der Waals surface area contributed by atoms with E-state index >= 15 is 0 Å². The van der Waals surface area contributed by atoms with Crippen molar-refractivity contribution in [2.45, 2.75) is 6.92 Å². The van der Waals surface area contributed by atoms with Gasteiger partial charge in [-0.05, 0) is 36.8 Å². The van der Waals surface area contributed by atoms with Crippen molar-refractivity contribution in [1.29, 1.82) is 0 Å². The number of imidazole rings is 1. The summed E-state index contributed by atoms with van der Waals surface area (Å²) in [5, 5.41) is 0.927. The lowest BCUT2D eigenvalue weighted by Crippen LogP contribution is -2.30. The number of aryl methyl sites for hydroxylation is 2. The molecule has 0 amide bonds. The van der Waals surface area contributed by atoms with Gasteiger partial charge in [0.25, 0.3) is 5.82 Å². The molecule has 0 fully saturated rings. The number of furan rings is 1. The van der Waals surface area contributed by atoms with Crippen molar-refractivity contribution in [2.24, 2.45) is 7.05 Å². The molecule has 32 heavy (non-hydrogen) atoms. The van der Waals surface area contributed by atoms with Gasteiger partial charge in [-0.1, -0.05) is 42.5 Å². The number of fused-ring (bicyclic) bond motifs is 4. The third kappa shape index (κ3) is 2.54. The molecule has 6 rings (SSSR count). The average Bonchev–Trinajstić information content (AvgIpc) is 3.30. The molecular weight excluding hydrogens is 406 g/mol. The van der Waals surface area contributed by atoms with E-state index in [4.69, 9.17) is 4.42 Å². The molecule has 0 bridgehead atoms. The first kappa shape index (κ1) is 18.8. The van der Waals surface area contributed by atoms with E-state index in [9.17, 15) is 8.78 Å². The first-order valence-corrected chi connectivity index (χ1v) is 10.4. The lowest BCUT2D eigenvalue weighted by Gasteiger charge is -2.07. The zero-order valence-electron chi connectivity index (χ0n) is 17.6. The zero-order valence-corrected chi connectivity index (χ0v) is 17.6. The number of hydrogen-bond acceptors (Lipinski definition) is 1. The highest BCUT2D eigenvalue weighted by atomic mass is 19.1. The summed E-state index contributed by atoms with van der Waals surface area (Å²) in [6, 6.07) is 24.2. The highest BCUT2D eigenvalue weighted by Gasteiger charge is 2.30. The molecule has 6 aromatic rings. The first-order chi connectivity index (χ1) is 15.5. The van der Waals surface area contributed by atoms with E-state index in [1.54, 1.807) is 0 Å². The lowest BCUT2D eigenvalue weighted by molar-refractivity contribution is -0.633. The Morgan fingerprint density at radius 3 is 2.44 bits per heavy atom. The maximum atomic E-state index is 14.7. The number of benzene rings is 4. The van der Waals surface area contributed by atoms with Crippen LogP contribution in [0.4, 0.5) is 8.78 Å². The minimum Gasteiger partial charge on any atom is -0.455 e. The van der Waals surface area contributed by atoms with Crippen molar-refractivity contribution in [1.82, 2.24) is 4.57 Å². The highest BCUT2D eigenvalue weighted by molar-refractivity contribution is 6.10. The van der Waals surface area contributed by atoms with Gasteiger partial charge in [-0.25, -0.2) is 13.3 Å². The third-order valence-corrected chi connectivity index (χ3v) is 6.12. The Kier molecular flexibility index (Phi) is 3.96. The van der Waals surface area contributed by atoms with Crippen molar-refractivity contribution in [2.75, 3.05) is 0 Å². The van der Waals surface area contributed by atoms with Crippen LogP contribution in [0.3, 0.4) is 0 Å². The smallest absolute Gasteiger partial charge is 0.298 e. The van der Waals surface area contributed by atoms with E-state index in [1.807, 2.05) is 56.4 Å². The Morgan fingerprint density at radius 1 is 0.875 bits per heavy atom. The van der Waals surface area contributed by atoms with Crippen LogP contribution >= 0.6 is 0 Å². The van der Waals surface area contributed by atoms with Crippen LogP contribution in [-0.2, 0) is 7.05 Å². The predicted octanol–water partition coefficient (Wildman–Crippen LogP) is 6.61. The number of aromatic nitrogens is 2. The summed E-state index contributed by atoms with van der Waals surface area (Å²) < 4.78 is 39.1. The van der Waals surface area contributed by atoms with Crippen LogP contribution < -0.4 is 4.57 Å². The quantitative estimate of drug-likeness (QED) is 0.286. The third-order valence-electron chi connectivity index (χ3n) is 6.12. The number of halogens is 2. The van der Waals surface area contributed by atoms with Crippen molar-refractivity contribution in [3.05, 3.63) is 96.1 Å². The molecule has 0 aliphatic rings. The van der Waals surface area contributed by atoms with Crippen LogP contribution in [-0.4, -0.2) is 4.57 Å². The Hall–Kier alpha value is -3.99. The second-order valence-corrected chi connectivity index (χ2v) is 8.04. The fourth-order valence-corrected chi connectivity index (χ4v) is 4.70. The molecule has 0 unspecified atom stereocenters. The van der Waals surface area contributed by atoms with Crippen LogP contribution in [0.5, 0.6) is 0 Å². The minimum atomic E-state index is -0.656. The molecule has 2 heterocycles. The van der Waals surface area contributed by atoms with E-state index in [0.29, 0.717) is 16.4 Å². The zero-order chi connectivity index (χ0) is 22.0. The number of hydrogen-bond donors (Lipinski definition) is 0. The summed E-state index contributed by atoms with van der Waals surface area (Å²) >= 11 is 0. The van der Waals surface area contributed by atoms with E-state index in [0.717, 1.165) is 39.7 Å². The van der Waals surface area contributed by atoms with Crippen LogP contribution in [0.1, 0.15) is 5.56 Å². The van der Waals surface area contributed by atoms with Crippen LogP contribution in [0.15, 0.2) is 83.3 Å². The van der Waals surface area contributed by atoms with Crippen LogP contribution in [0, 0.1) is 18.6 Å². The normalized spacial score (nSPS) is 11.8. The molecule has 0 radical (unpaired) electrons. The Bertz CT molecular complexity index is 1660. The molecular formula is C27H19F2N2O+. The largest absolute Gasteiger partial charge is 0.455 e. The summed E-state index contributed by atoms with van der Waals surface area (Å²) in [5.41, 5.74) is 5.67. The molecule has 0 N–H and O–H groups in total. The second kappa shape index (κ2) is 6.76. The van der Waals surface area contributed by atoms with Crippen molar-refractivity contribution < 1.29 is 17.8 Å². The van der Waals surface area contributed by atoms with Gasteiger partial charge in [-0.15, -0.1) is 0 Å². The van der Waals surface area contributed by atoms with Crippen LogP contribution in [0.25, 0.3) is 50.0 Å². The second-order valence-electron chi connectivity index (χ2n) is 8.04. The van der Waals surface area contributed by atoms with E-state index in [-0.39, 0.29) is 5.58 Å². The number of para-hydroxylation sites is 3. The van der Waals surface area contributed by atoms with Gasteiger partial charge < -0.3 is 4.42 Å². The lowest BCUT2D eigenvalue weighted by atomic mass is 10.0. The highest BCUT2D eigenvalue weighted by Crippen LogP contribution is 2.40. The van der Waals surface area contributed by atoms with Crippen molar-refractivity contribution >= 4 is 33.0 Å². The number of rotatable bonds is 2. The molecule has 0 spiro atoms. The standard InChI is InChI=1S/C27H19F2N2O/c1-16-12-13-19-25-20(29)14-17(28)15-23(25)32-26(19)24(16)27-30(2)21-10-6-7-11-22(21)31(27)18-8-4-3-5-9-18/h3-15H,1-2H3/q+1. The Morgan fingerprint density at radius 2 is 1.62 bits per heavy atom. The summed E-state index contributed by atoms with van der Waals surface area (Å²) in [4.78, 5) is 0.